The smallest absolute Gasteiger partial charge is 0.335 e. The molecule has 238 valence electrons. The highest BCUT2D eigenvalue weighted by molar-refractivity contribution is 6.12. The van der Waals surface area contributed by atoms with Crippen LogP contribution < -0.4 is 4.90 Å². The fraction of sp³-hybridized carbons (Fsp3) is 0.486. The molecule has 1 amide bonds. The molecule has 3 rings (SSSR count). The average molecular weight is 604 g/mol. The van der Waals surface area contributed by atoms with Gasteiger partial charge in [0.1, 0.15) is 5.75 Å². The van der Waals surface area contributed by atoms with Gasteiger partial charge in [-0.05, 0) is 36.1 Å². The van der Waals surface area contributed by atoms with E-state index in [0.29, 0.717) is 11.8 Å². The number of fused-ring (bicyclic) bond motifs is 1. The normalized spacial score (nSPS) is 11.1. The van der Waals surface area contributed by atoms with Crippen molar-refractivity contribution in [2.24, 2.45) is 0 Å². The number of aromatic carboxylic acids is 2. The summed E-state index contributed by atoms with van der Waals surface area (Å²) in [4.78, 5) is 38.8. The highest BCUT2D eigenvalue weighted by Gasteiger charge is 2.24. The van der Waals surface area contributed by atoms with Crippen molar-refractivity contribution in [2.75, 3.05) is 11.4 Å². The van der Waals surface area contributed by atoms with Crippen LogP contribution in [0.3, 0.4) is 0 Å². The van der Waals surface area contributed by atoms with E-state index in [1.54, 1.807) is 24.3 Å². The third-order valence-corrected chi connectivity index (χ3v) is 8.33. The van der Waals surface area contributed by atoms with E-state index in [-0.39, 0.29) is 34.7 Å². The Kier molecular flexibility index (Phi) is 14.7. The van der Waals surface area contributed by atoms with Crippen LogP contribution in [0.15, 0.2) is 54.6 Å². The lowest BCUT2D eigenvalue weighted by Gasteiger charge is -2.24. The number of hydrogen-bond donors (Lipinski definition) is 3. The number of carboxylic acid groups (broad SMARTS) is 2. The summed E-state index contributed by atoms with van der Waals surface area (Å²) in [6.07, 6.45) is 19.5. The first kappa shape index (κ1) is 34.6. The van der Waals surface area contributed by atoms with Gasteiger partial charge < -0.3 is 20.2 Å². The highest BCUT2D eigenvalue weighted by atomic mass is 16.4. The number of rotatable bonds is 21. The average Bonchev–Trinajstić information content (AvgIpc) is 3.02. The lowest BCUT2D eigenvalue weighted by atomic mass is 10.0. The SMILES string of the molecule is CCCCCCCCCCCCCCCCCCN(C(=O)c1ccc2ccccc2c1O)c1cc(C(=O)O)cc(C(=O)O)c1. The zero-order valence-corrected chi connectivity index (χ0v) is 26.2. The number of carbonyl (C=O) groups excluding carboxylic acids is 1. The maximum absolute atomic E-state index is 13.8. The fourth-order valence-corrected chi connectivity index (χ4v) is 5.75. The third kappa shape index (κ3) is 10.7. The van der Waals surface area contributed by atoms with E-state index in [1.165, 1.54) is 94.1 Å². The molecular formula is C37H49NO6. The standard InChI is InChI=1S/C37H49NO6/c1-2-3-4-5-6-7-8-9-10-11-12-13-14-15-16-19-24-38(31-26-29(36(41)42)25-30(27-31)37(43)44)35(40)33-23-22-28-20-17-18-21-32(28)34(33)39/h17-18,20-23,25-27,39H,2-16,19,24H2,1H3,(H,41,42)(H,43,44). The lowest BCUT2D eigenvalue weighted by molar-refractivity contribution is 0.0696. The summed E-state index contributed by atoms with van der Waals surface area (Å²) in [5.74, 6) is -3.22. The number of benzene rings is 3. The van der Waals surface area contributed by atoms with Gasteiger partial charge in [0, 0.05) is 17.6 Å². The molecule has 0 aliphatic heterocycles. The fourth-order valence-electron chi connectivity index (χ4n) is 5.75. The summed E-state index contributed by atoms with van der Waals surface area (Å²) in [5, 5.41) is 31.5. The topological polar surface area (TPSA) is 115 Å². The van der Waals surface area contributed by atoms with Crippen molar-refractivity contribution in [3.05, 3.63) is 71.3 Å². The van der Waals surface area contributed by atoms with Gasteiger partial charge in [-0.1, -0.05) is 134 Å². The predicted octanol–water partition coefficient (Wildman–Crippen LogP) is 9.85. The summed E-state index contributed by atoms with van der Waals surface area (Å²) >= 11 is 0. The molecule has 7 nitrogen and oxygen atoms in total. The zero-order valence-electron chi connectivity index (χ0n) is 26.2. The van der Waals surface area contributed by atoms with E-state index in [1.807, 2.05) is 12.1 Å². The molecule has 0 aromatic heterocycles. The van der Waals surface area contributed by atoms with Crippen molar-refractivity contribution in [1.29, 1.82) is 0 Å². The Morgan fingerprint density at radius 2 is 1.09 bits per heavy atom. The number of amides is 1. The summed E-state index contributed by atoms with van der Waals surface area (Å²) in [7, 11) is 0. The molecule has 0 heterocycles. The van der Waals surface area contributed by atoms with E-state index in [9.17, 15) is 29.7 Å². The van der Waals surface area contributed by atoms with Gasteiger partial charge in [-0.25, -0.2) is 9.59 Å². The Labute approximate surface area is 261 Å². The number of phenols is 1. The first-order valence-electron chi connectivity index (χ1n) is 16.5. The minimum atomic E-state index is -1.28. The largest absolute Gasteiger partial charge is 0.506 e. The first-order valence-corrected chi connectivity index (χ1v) is 16.5. The van der Waals surface area contributed by atoms with Crippen molar-refractivity contribution in [3.8, 4) is 5.75 Å². The Bertz CT molecular complexity index is 1340. The number of nitrogens with zero attached hydrogens (tertiary/aromatic N) is 1. The van der Waals surface area contributed by atoms with Crippen molar-refractivity contribution in [1.82, 2.24) is 0 Å². The van der Waals surface area contributed by atoms with Crippen LogP contribution in [-0.2, 0) is 0 Å². The number of carbonyl (C=O) groups is 3. The first-order chi connectivity index (χ1) is 21.3. The van der Waals surface area contributed by atoms with Gasteiger partial charge in [0.05, 0.1) is 16.7 Å². The highest BCUT2D eigenvalue weighted by Crippen LogP contribution is 2.31. The van der Waals surface area contributed by atoms with Crippen molar-refractivity contribution in [3.63, 3.8) is 0 Å². The summed E-state index contributed by atoms with van der Waals surface area (Å²) in [6.45, 7) is 2.52. The quantitative estimate of drug-likeness (QED) is 0.104. The molecule has 0 saturated carbocycles. The molecule has 3 N–H and O–H groups in total. The van der Waals surface area contributed by atoms with Gasteiger partial charge in [0.25, 0.3) is 5.91 Å². The molecular weight excluding hydrogens is 554 g/mol. The van der Waals surface area contributed by atoms with E-state index in [0.717, 1.165) is 30.7 Å². The van der Waals surface area contributed by atoms with Gasteiger partial charge in [-0.2, -0.15) is 0 Å². The number of phenolic OH excluding ortho intramolecular Hbond substituents is 1. The monoisotopic (exact) mass is 603 g/mol. The molecule has 0 aliphatic carbocycles. The summed E-state index contributed by atoms with van der Waals surface area (Å²) in [6, 6.07) is 14.2. The van der Waals surface area contributed by atoms with Crippen LogP contribution in [0.4, 0.5) is 5.69 Å². The minimum absolute atomic E-state index is 0.0813. The predicted molar refractivity (Wildman–Crippen MR) is 177 cm³/mol. The lowest BCUT2D eigenvalue weighted by Crippen LogP contribution is -2.32. The molecule has 0 spiro atoms. The van der Waals surface area contributed by atoms with Gasteiger partial charge in [-0.15, -0.1) is 0 Å². The molecule has 0 radical (unpaired) electrons. The molecule has 7 heteroatoms. The minimum Gasteiger partial charge on any atom is -0.506 e. The van der Waals surface area contributed by atoms with E-state index >= 15 is 0 Å². The maximum Gasteiger partial charge on any atom is 0.335 e. The second-order valence-electron chi connectivity index (χ2n) is 11.8. The van der Waals surface area contributed by atoms with Crippen molar-refractivity contribution in [2.45, 2.75) is 110 Å². The van der Waals surface area contributed by atoms with Crippen LogP contribution in [0.2, 0.25) is 0 Å². The second kappa shape index (κ2) is 18.7. The molecule has 0 atom stereocenters. The van der Waals surface area contributed by atoms with Crippen LogP contribution in [0.5, 0.6) is 5.75 Å². The van der Waals surface area contributed by atoms with Crippen LogP contribution in [0, 0.1) is 0 Å². The molecule has 0 bridgehead atoms. The molecule has 0 aliphatic rings. The number of carboxylic acids is 2. The maximum atomic E-state index is 13.8. The zero-order chi connectivity index (χ0) is 31.7. The van der Waals surface area contributed by atoms with E-state index in [2.05, 4.69) is 6.92 Å². The summed E-state index contributed by atoms with van der Waals surface area (Å²) < 4.78 is 0. The van der Waals surface area contributed by atoms with Crippen molar-refractivity contribution < 1.29 is 29.7 Å². The van der Waals surface area contributed by atoms with Crippen molar-refractivity contribution >= 4 is 34.3 Å². The molecule has 0 fully saturated rings. The van der Waals surface area contributed by atoms with Gasteiger partial charge in [-0.3, -0.25) is 4.79 Å². The van der Waals surface area contributed by atoms with Gasteiger partial charge >= 0.3 is 11.9 Å². The number of aromatic hydroxyl groups is 1. The molecule has 0 saturated heterocycles. The van der Waals surface area contributed by atoms with Gasteiger partial charge in [0.15, 0.2) is 0 Å². The molecule has 0 unspecified atom stereocenters. The van der Waals surface area contributed by atoms with Crippen LogP contribution >= 0.6 is 0 Å². The Balaban J connectivity index is 1.55. The Morgan fingerprint density at radius 3 is 1.59 bits per heavy atom. The molecule has 44 heavy (non-hydrogen) atoms. The van der Waals surface area contributed by atoms with Crippen LogP contribution in [0.1, 0.15) is 141 Å². The molecule has 3 aromatic rings. The molecule has 3 aromatic carbocycles. The third-order valence-electron chi connectivity index (χ3n) is 8.33. The number of unbranched alkanes of at least 4 members (excludes halogenated alkanes) is 15. The van der Waals surface area contributed by atoms with E-state index in [4.69, 9.17) is 0 Å². The van der Waals surface area contributed by atoms with E-state index < -0.39 is 17.8 Å². The van der Waals surface area contributed by atoms with Gasteiger partial charge in [0.2, 0.25) is 0 Å². The Hall–Kier alpha value is -3.87. The Morgan fingerprint density at radius 1 is 0.614 bits per heavy atom. The second-order valence-corrected chi connectivity index (χ2v) is 11.8. The number of anilines is 1. The van der Waals surface area contributed by atoms with Crippen LogP contribution in [0.25, 0.3) is 10.8 Å². The number of hydrogen-bond acceptors (Lipinski definition) is 4. The summed E-state index contributed by atoms with van der Waals surface area (Å²) in [5.41, 5.74) is -0.168. The van der Waals surface area contributed by atoms with Crippen LogP contribution in [-0.4, -0.2) is 39.7 Å².